The van der Waals surface area contributed by atoms with E-state index < -0.39 is 23.7 Å². The zero-order chi connectivity index (χ0) is 22.2. The number of halogens is 5. The second kappa shape index (κ2) is 8.53. The van der Waals surface area contributed by atoms with Crippen LogP contribution in [-0.4, -0.2) is 6.36 Å². The predicted octanol–water partition coefficient (Wildman–Crippen LogP) is 7.12. The van der Waals surface area contributed by atoms with E-state index in [4.69, 9.17) is 0 Å². The molecule has 2 aromatic rings. The van der Waals surface area contributed by atoms with Crippen molar-refractivity contribution < 1.29 is 26.7 Å². The van der Waals surface area contributed by atoms with Crippen LogP contribution in [-0.2, 0) is 6.42 Å². The largest absolute Gasteiger partial charge is 0.573 e. The standard InChI is InChI=1S/C25H23F5O/c1-2-15-5-9-20-18(11-15)7-8-19-12-16(6-10-21(19)20)3-4-17-13-22(26)24(23(27)14-17)31-25(28,29)30/h6,10,12-15,18,20H,2,5,7-9,11H2,1H3/t15-,18-,20+/m1/s1. The zero-order valence-corrected chi connectivity index (χ0v) is 17.2. The lowest BCUT2D eigenvalue weighted by Gasteiger charge is -2.40. The van der Waals surface area contributed by atoms with E-state index in [-0.39, 0.29) is 5.56 Å². The molecule has 6 heteroatoms. The summed E-state index contributed by atoms with van der Waals surface area (Å²) in [4.78, 5) is 0. The predicted molar refractivity (Wildman–Crippen MR) is 108 cm³/mol. The molecule has 0 unspecified atom stereocenters. The molecule has 0 heterocycles. The number of ether oxygens (including phenoxy) is 1. The average Bonchev–Trinajstić information content (AvgIpc) is 2.73. The Morgan fingerprint density at radius 2 is 1.68 bits per heavy atom. The van der Waals surface area contributed by atoms with Gasteiger partial charge in [-0.2, -0.15) is 0 Å². The van der Waals surface area contributed by atoms with Gasteiger partial charge in [0.15, 0.2) is 11.6 Å². The summed E-state index contributed by atoms with van der Waals surface area (Å²) in [5.74, 6) is 3.33. The average molecular weight is 434 g/mol. The van der Waals surface area contributed by atoms with Crippen LogP contribution in [0.4, 0.5) is 22.0 Å². The molecule has 31 heavy (non-hydrogen) atoms. The van der Waals surface area contributed by atoms with E-state index in [2.05, 4.69) is 29.6 Å². The highest BCUT2D eigenvalue weighted by Gasteiger charge is 2.35. The molecule has 0 aliphatic heterocycles. The third-order valence-corrected chi connectivity index (χ3v) is 6.56. The van der Waals surface area contributed by atoms with Gasteiger partial charge in [-0.25, -0.2) is 8.78 Å². The smallest absolute Gasteiger partial charge is 0.399 e. The van der Waals surface area contributed by atoms with Crippen molar-refractivity contribution in [2.24, 2.45) is 11.8 Å². The summed E-state index contributed by atoms with van der Waals surface area (Å²) in [7, 11) is 0. The lowest BCUT2D eigenvalue weighted by atomic mass is 9.65. The minimum atomic E-state index is -5.17. The Morgan fingerprint density at radius 3 is 2.35 bits per heavy atom. The van der Waals surface area contributed by atoms with Crippen LogP contribution in [0.15, 0.2) is 30.3 Å². The molecule has 0 saturated heterocycles. The number of hydrogen-bond acceptors (Lipinski definition) is 1. The molecule has 2 aliphatic carbocycles. The number of aryl methyl sites for hydroxylation is 1. The molecule has 0 amide bonds. The van der Waals surface area contributed by atoms with Crippen molar-refractivity contribution >= 4 is 0 Å². The molecule has 2 aromatic carbocycles. The number of benzene rings is 2. The fourth-order valence-corrected chi connectivity index (χ4v) is 5.05. The van der Waals surface area contributed by atoms with Gasteiger partial charge >= 0.3 is 6.36 Å². The van der Waals surface area contributed by atoms with Gasteiger partial charge in [0.05, 0.1) is 0 Å². The van der Waals surface area contributed by atoms with Gasteiger partial charge in [0.1, 0.15) is 0 Å². The first-order valence-electron chi connectivity index (χ1n) is 10.6. The van der Waals surface area contributed by atoms with Gasteiger partial charge in [-0.3, -0.25) is 0 Å². The zero-order valence-electron chi connectivity index (χ0n) is 17.2. The summed E-state index contributed by atoms with van der Waals surface area (Å²) in [5.41, 5.74) is 3.33. The second-order valence-electron chi connectivity index (χ2n) is 8.47. The molecule has 3 atom stereocenters. The minimum absolute atomic E-state index is 0.0554. The van der Waals surface area contributed by atoms with Gasteiger partial charge in [-0.15, -0.1) is 13.2 Å². The van der Waals surface area contributed by atoms with Crippen LogP contribution in [0.2, 0.25) is 0 Å². The van der Waals surface area contributed by atoms with Gasteiger partial charge in [0.2, 0.25) is 5.75 Å². The summed E-state index contributed by atoms with van der Waals surface area (Å²) in [6.45, 7) is 2.27. The van der Waals surface area contributed by atoms with Crippen LogP contribution in [0, 0.1) is 35.3 Å². The number of rotatable bonds is 2. The van der Waals surface area contributed by atoms with Crippen LogP contribution < -0.4 is 4.74 Å². The topological polar surface area (TPSA) is 9.23 Å². The van der Waals surface area contributed by atoms with Gasteiger partial charge < -0.3 is 4.74 Å². The molecule has 1 nitrogen and oxygen atoms in total. The lowest BCUT2D eigenvalue weighted by Crippen LogP contribution is -2.27. The first-order chi connectivity index (χ1) is 14.7. The molecule has 164 valence electrons. The maximum atomic E-state index is 13.9. The lowest BCUT2D eigenvalue weighted by molar-refractivity contribution is -0.276. The Bertz CT molecular complexity index is 1010. The number of fused-ring (bicyclic) bond motifs is 3. The van der Waals surface area contributed by atoms with Crippen molar-refractivity contribution in [1.29, 1.82) is 0 Å². The quantitative estimate of drug-likeness (QED) is 0.361. The Balaban J connectivity index is 1.54. The maximum Gasteiger partial charge on any atom is 0.573 e. The van der Waals surface area contributed by atoms with Crippen molar-refractivity contribution in [3.8, 4) is 17.6 Å². The van der Waals surface area contributed by atoms with E-state index in [1.165, 1.54) is 43.2 Å². The Hall–Kier alpha value is -2.55. The Kier molecular flexibility index (Phi) is 5.96. The first kappa shape index (κ1) is 21.7. The Morgan fingerprint density at radius 1 is 0.968 bits per heavy atom. The number of alkyl halides is 3. The highest BCUT2D eigenvalue weighted by atomic mass is 19.4. The summed E-state index contributed by atoms with van der Waals surface area (Å²) in [5, 5.41) is 0. The summed E-state index contributed by atoms with van der Waals surface area (Å²) in [6.07, 6.45) is 2.02. The van der Waals surface area contributed by atoms with E-state index >= 15 is 0 Å². The molecule has 0 radical (unpaired) electrons. The van der Waals surface area contributed by atoms with Crippen LogP contribution >= 0.6 is 0 Å². The van der Waals surface area contributed by atoms with E-state index in [1.807, 2.05) is 12.1 Å². The molecule has 0 N–H and O–H groups in total. The Labute approximate surface area is 178 Å². The highest BCUT2D eigenvalue weighted by molar-refractivity contribution is 5.48. The number of hydrogen-bond donors (Lipinski definition) is 0. The maximum absolute atomic E-state index is 13.9. The molecule has 0 aromatic heterocycles. The van der Waals surface area contributed by atoms with Gasteiger partial charge in [0.25, 0.3) is 0 Å². The fraction of sp³-hybridized carbons (Fsp3) is 0.440. The molecule has 1 saturated carbocycles. The molecule has 2 aliphatic rings. The van der Waals surface area contributed by atoms with E-state index in [9.17, 15) is 22.0 Å². The SMILES string of the molecule is CC[C@@H]1CC[C@@H]2c3ccc(C#Cc4cc(F)c(OC(F)(F)F)c(F)c4)cc3CC[C@@H]2C1. The van der Waals surface area contributed by atoms with E-state index in [0.29, 0.717) is 5.92 Å². The van der Waals surface area contributed by atoms with E-state index in [1.54, 1.807) is 0 Å². The summed E-state index contributed by atoms with van der Waals surface area (Å²) >= 11 is 0. The van der Waals surface area contributed by atoms with Crippen molar-refractivity contribution in [2.75, 3.05) is 0 Å². The third-order valence-electron chi connectivity index (χ3n) is 6.56. The van der Waals surface area contributed by atoms with Gasteiger partial charge in [-0.1, -0.05) is 31.3 Å². The summed E-state index contributed by atoms with van der Waals surface area (Å²) < 4.78 is 67.9. The van der Waals surface area contributed by atoms with Crippen LogP contribution in [0.1, 0.15) is 67.2 Å². The van der Waals surface area contributed by atoms with Crippen molar-refractivity contribution in [3.63, 3.8) is 0 Å². The molecule has 1 fully saturated rings. The normalized spacial score (nSPS) is 22.7. The monoisotopic (exact) mass is 434 g/mol. The minimum Gasteiger partial charge on any atom is -0.399 e. The van der Waals surface area contributed by atoms with Crippen LogP contribution in [0.3, 0.4) is 0 Å². The third kappa shape index (κ3) is 4.87. The molecule has 0 bridgehead atoms. The molecule has 4 rings (SSSR count). The molecular weight excluding hydrogens is 411 g/mol. The second-order valence-corrected chi connectivity index (χ2v) is 8.47. The molecular formula is C25H23F5O. The first-order valence-corrected chi connectivity index (χ1v) is 10.6. The van der Waals surface area contributed by atoms with Crippen molar-refractivity contribution in [2.45, 2.75) is 57.7 Å². The van der Waals surface area contributed by atoms with Gasteiger partial charge in [0, 0.05) is 11.1 Å². The van der Waals surface area contributed by atoms with Crippen molar-refractivity contribution in [3.05, 3.63) is 64.2 Å². The van der Waals surface area contributed by atoms with E-state index in [0.717, 1.165) is 36.0 Å². The molecule has 0 spiro atoms. The highest BCUT2D eigenvalue weighted by Crippen LogP contribution is 2.47. The van der Waals surface area contributed by atoms with Crippen LogP contribution in [0.25, 0.3) is 0 Å². The summed E-state index contributed by atoms with van der Waals surface area (Å²) in [6, 6.07) is 7.54. The van der Waals surface area contributed by atoms with Crippen LogP contribution in [0.5, 0.6) is 5.75 Å². The fourth-order valence-electron chi connectivity index (χ4n) is 5.05. The van der Waals surface area contributed by atoms with Crippen molar-refractivity contribution in [1.82, 2.24) is 0 Å². The van der Waals surface area contributed by atoms with Gasteiger partial charge in [-0.05, 0) is 85.3 Å².